The minimum absolute atomic E-state index is 0.00222. The third-order valence-electron chi connectivity index (χ3n) is 4.81. The topological polar surface area (TPSA) is 66.5 Å². The summed E-state index contributed by atoms with van der Waals surface area (Å²) in [6.45, 7) is 0.833. The highest BCUT2D eigenvalue weighted by Crippen LogP contribution is 2.25. The number of amides is 1. The summed E-state index contributed by atoms with van der Waals surface area (Å²) in [5.41, 5.74) is 0.933. The van der Waals surface area contributed by atoms with Crippen LogP contribution < -0.4 is 5.32 Å². The van der Waals surface area contributed by atoms with Crippen LogP contribution in [0.2, 0.25) is 0 Å². The lowest BCUT2D eigenvalue weighted by Crippen LogP contribution is -2.49. The number of hydrogen-bond acceptors (Lipinski definition) is 4. The van der Waals surface area contributed by atoms with E-state index in [-0.39, 0.29) is 23.5 Å². The predicted octanol–water partition coefficient (Wildman–Crippen LogP) is 1.52. The van der Waals surface area contributed by atoms with Gasteiger partial charge < -0.3 is 5.32 Å². The van der Waals surface area contributed by atoms with Gasteiger partial charge in [-0.15, -0.1) is 0 Å². The first-order chi connectivity index (χ1) is 11.1. The van der Waals surface area contributed by atoms with E-state index in [9.17, 15) is 13.2 Å². The van der Waals surface area contributed by atoms with Crippen molar-refractivity contribution in [1.82, 2.24) is 10.2 Å². The second-order valence-electron chi connectivity index (χ2n) is 6.49. The summed E-state index contributed by atoms with van der Waals surface area (Å²) in [4.78, 5) is 14.9. The Bertz CT molecular complexity index is 625. The number of benzene rings is 1. The number of rotatable bonds is 4. The van der Waals surface area contributed by atoms with Crippen LogP contribution in [0.15, 0.2) is 30.3 Å². The van der Waals surface area contributed by atoms with Gasteiger partial charge in [0, 0.05) is 19.1 Å². The first-order valence-electron chi connectivity index (χ1n) is 8.35. The van der Waals surface area contributed by atoms with Crippen LogP contribution >= 0.6 is 0 Å². The molecule has 1 N–H and O–H groups in total. The average Bonchev–Trinajstić information content (AvgIpc) is 3.03. The van der Waals surface area contributed by atoms with Gasteiger partial charge in [0.1, 0.15) is 6.04 Å². The molecule has 0 radical (unpaired) electrons. The molecule has 0 aromatic heterocycles. The van der Waals surface area contributed by atoms with E-state index in [0.717, 1.165) is 18.4 Å². The zero-order valence-electron chi connectivity index (χ0n) is 13.3. The van der Waals surface area contributed by atoms with Crippen LogP contribution in [0, 0.1) is 0 Å². The van der Waals surface area contributed by atoms with Crippen molar-refractivity contribution in [2.45, 2.75) is 37.8 Å². The summed E-state index contributed by atoms with van der Waals surface area (Å²) in [7, 11) is -2.95. The Labute approximate surface area is 138 Å². The van der Waals surface area contributed by atoms with E-state index in [2.05, 4.69) is 5.32 Å². The molecular weight excluding hydrogens is 312 g/mol. The molecule has 1 amide bonds. The van der Waals surface area contributed by atoms with E-state index >= 15 is 0 Å². The van der Waals surface area contributed by atoms with Gasteiger partial charge >= 0.3 is 0 Å². The van der Waals surface area contributed by atoms with Crippen LogP contribution in [-0.2, 0) is 14.6 Å². The molecule has 3 rings (SSSR count). The third kappa shape index (κ3) is 4.12. The van der Waals surface area contributed by atoms with Gasteiger partial charge in [-0.25, -0.2) is 8.42 Å². The van der Waals surface area contributed by atoms with Crippen molar-refractivity contribution in [3.05, 3.63) is 35.9 Å². The van der Waals surface area contributed by atoms with E-state index in [4.69, 9.17) is 0 Å². The van der Waals surface area contributed by atoms with Gasteiger partial charge in [-0.1, -0.05) is 43.2 Å². The Morgan fingerprint density at radius 2 is 1.70 bits per heavy atom. The van der Waals surface area contributed by atoms with Crippen LogP contribution in [0.5, 0.6) is 0 Å². The number of nitrogens with zero attached hydrogens (tertiary/aromatic N) is 1. The first-order valence-corrected chi connectivity index (χ1v) is 10.2. The van der Waals surface area contributed by atoms with Crippen LogP contribution in [0.3, 0.4) is 0 Å². The molecule has 1 saturated heterocycles. The quantitative estimate of drug-likeness (QED) is 0.905. The summed E-state index contributed by atoms with van der Waals surface area (Å²) >= 11 is 0. The Balaban J connectivity index is 1.78. The molecule has 0 spiro atoms. The van der Waals surface area contributed by atoms with Gasteiger partial charge in [-0.05, 0) is 18.4 Å². The lowest BCUT2D eigenvalue weighted by molar-refractivity contribution is -0.127. The first kappa shape index (κ1) is 16.5. The number of sulfone groups is 1. The van der Waals surface area contributed by atoms with Crippen molar-refractivity contribution >= 4 is 15.7 Å². The number of hydrogen-bond donors (Lipinski definition) is 1. The monoisotopic (exact) mass is 336 g/mol. The minimum Gasteiger partial charge on any atom is -0.352 e. The summed E-state index contributed by atoms with van der Waals surface area (Å²) in [6, 6.07) is 9.53. The standard InChI is InChI=1S/C17H24N2O3S/c20-17(18-15-8-4-5-9-15)16(14-6-2-1-3-7-14)19-10-12-23(21,22)13-11-19/h1-3,6-7,15-16H,4-5,8-13H2,(H,18,20)/t16-/m1/s1. The molecule has 1 aromatic carbocycles. The van der Waals surface area contributed by atoms with Crippen molar-refractivity contribution in [1.29, 1.82) is 0 Å². The van der Waals surface area contributed by atoms with Crippen molar-refractivity contribution in [3.8, 4) is 0 Å². The highest BCUT2D eigenvalue weighted by atomic mass is 32.2. The van der Waals surface area contributed by atoms with Crippen molar-refractivity contribution in [2.24, 2.45) is 0 Å². The molecule has 126 valence electrons. The van der Waals surface area contributed by atoms with Gasteiger partial charge in [0.2, 0.25) is 5.91 Å². The fourth-order valence-electron chi connectivity index (χ4n) is 3.50. The summed E-state index contributed by atoms with van der Waals surface area (Å²) in [6.07, 6.45) is 4.43. The van der Waals surface area contributed by atoms with Gasteiger partial charge in [-0.3, -0.25) is 9.69 Å². The van der Waals surface area contributed by atoms with Gasteiger partial charge in [0.15, 0.2) is 9.84 Å². The molecule has 0 bridgehead atoms. The molecule has 1 heterocycles. The normalized spacial score (nSPS) is 23.5. The fourth-order valence-corrected chi connectivity index (χ4v) is 4.73. The second-order valence-corrected chi connectivity index (χ2v) is 8.79. The molecule has 1 atom stereocenters. The highest BCUT2D eigenvalue weighted by Gasteiger charge is 2.33. The summed E-state index contributed by atoms with van der Waals surface area (Å²) in [5.74, 6) is 0.266. The zero-order chi connectivity index (χ0) is 16.3. The maximum atomic E-state index is 12.9. The molecule has 0 unspecified atom stereocenters. The Hall–Kier alpha value is -1.40. The van der Waals surface area contributed by atoms with E-state index in [1.807, 2.05) is 35.2 Å². The van der Waals surface area contributed by atoms with E-state index in [1.54, 1.807) is 0 Å². The zero-order valence-corrected chi connectivity index (χ0v) is 14.1. The van der Waals surface area contributed by atoms with E-state index < -0.39 is 15.9 Å². The van der Waals surface area contributed by atoms with Crippen LogP contribution in [0.4, 0.5) is 0 Å². The van der Waals surface area contributed by atoms with Gasteiger partial charge in [0.05, 0.1) is 11.5 Å². The highest BCUT2D eigenvalue weighted by molar-refractivity contribution is 7.91. The molecular formula is C17H24N2O3S. The maximum absolute atomic E-state index is 12.9. The van der Waals surface area contributed by atoms with Gasteiger partial charge in [0.25, 0.3) is 0 Å². The average molecular weight is 336 g/mol. The Morgan fingerprint density at radius 1 is 1.09 bits per heavy atom. The SMILES string of the molecule is O=C(NC1CCCC1)[C@@H](c1ccccc1)N1CCS(=O)(=O)CC1. The maximum Gasteiger partial charge on any atom is 0.242 e. The molecule has 1 aliphatic heterocycles. The van der Waals surface area contributed by atoms with Crippen molar-refractivity contribution in [3.63, 3.8) is 0 Å². The number of carbonyl (C=O) groups excluding carboxylic acids is 1. The van der Waals surface area contributed by atoms with E-state index in [1.165, 1.54) is 12.8 Å². The third-order valence-corrected chi connectivity index (χ3v) is 6.42. The van der Waals surface area contributed by atoms with Crippen molar-refractivity contribution in [2.75, 3.05) is 24.6 Å². The number of carbonyl (C=O) groups is 1. The van der Waals surface area contributed by atoms with Crippen molar-refractivity contribution < 1.29 is 13.2 Å². The lowest BCUT2D eigenvalue weighted by Gasteiger charge is -2.34. The minimum atomic E-state index is -2.95. The smallest absolute Gasteiger partial charge is 0.242 e. The molecule has 23 heavy (non-hydrogen) atoms. The largest absolute Gasteiger partial charge is 0.352 e. The molecule has 1 saturated carbocycles. The Morgan fingerprint density at radius 3 is 2.30 bits per heavy atom. The van der Waals surface area contributed by atoms with Crippen LogP contribution in [-0.4, -0.2) is 49.9 Å². The molecule has 1 aromatic rings. The molecule has 1 aliphatic carbocycles. The van der Waals surface area contributed by atoms with Crippen LogP contribution in [0.25, 0.3) is 0 Å². The van der Waals surface area contributed by atoms with E-state index in [0.29, 0.717) is 13.1 Å². The Kier molecular flexibility index (Phi) is 5.02. The molecule has 2 aliphatic rings. The summed E-state index contributed by atoms with van der Waals surface area (Å²) < 4.78 is 23.4. The van der Waals surface area contributed by atoms with Gasteiger partial charge in [-0.2, -0.15) is 0 Å². The van der Waals surface area contributed by atoms with Crippen LogP contribution in [0.1, 0.15) is 37.3 Å². The fraction of sp³-hybridized carbons (Fsp3) is 0.588. The predicted molar refractivity (Wildman–Crippen MR) is 89.8 cm³/mol. The molecule has 6 heteroatoms. The second kappa shape index (κ2) is 7.01. The molecule has 2 fully saturated rings. The summed E-state index contributed by atoms with van der Waals surface area (Å²) in [5, 5.41) is 3.17. The molecule has 5 nitrogen and oxygen atoms in total. The number of nitrogens with one attached hydrogen (secondary N) is 1. The lowest BCUT2D eigenvalue weighted by atomic mass is 10.0.